The van der Waals surface area contributed by atoms with Gasteiger partial charge in [0.1, 0.15) is 5.01 Å². The van der Waals surface area contributed by atoms with Crippen LogP contribution < -0.4 is 10.6 Å². The number of amides is 2. The van der Waals surface area contributed by atoms with E-state index in [9.17, 15) is 19.7 Å². The summed E-state index contributed by atoms with van der Waals surface area (Å²) in [6, 6.07) is 13.6. The molecule has 2 heterocycles. The standard InChI is InChI=1S/C22H20N8O4S2/c1-13-16(9-6-10-17(13)30(33)34)20(32)23-11-18-26-28-22(29(18)15-7-4-3-5-8-15)35-12-19(31)24-21-27-25-14(2)36-21/h3-10H,11-12H2,1-2H3,(H,23,32)(H,24,27,31). The summed E-state index contributed by atoms with van der Waals surface area (Å²) in [7, 11) is 0. The van der Waals surface area contributed by atoms with Gasteiger partial charge in [-0.15, -0.1) is 20.4 Å². The molecule has 0 radical (unpaired) electrons. The van der Waals surface area contributed by atoms with E-state index in [1.165, 1.54) is 48.2 Å². The molecule has 0 atom stereocenters. The third-order valence-corrected chi connectivity index (χ3v) is 6.66. The molecule has 2 aromatic heterocycles. The molecular weight excluding hydrogens is 504 g/mol. The van der Waals surface area contributed by atoms with E-state index in [4.69, 9.17) is 0 Å². The van der Waals surface area contributed by atoms with Gasteiger partial charge in [-0.1, -0.05) is 47.4 Å². The van der Waals surface area contributed by atoms with Crippen molar-refractivity contribution in [3.8, 4) is 5.69 Å². The Bertz CT molecular complexity index is 1420. The number of nitro groups is 1. The Labute approximate surface area is 213 Å². The zero-order chi connectivity index (χ0) is 25.7. The molecule has 0 saturated carbocycles. The largest absolute Gasteiger partial charge is 0.345 e. The third-order valence-electron chi connectivity index (χ3n) is 4.97. The number of nitro benzene ring substituents is 1. The highest BCUT2D eigenvalue weighted by molar-refractivity contribution is 7.99. The topological polar surface area (TPSA) is 158 Å². The highest BCUT2D eigenvalue weighted by Gasteiger charge is 2.20. The summed E-state index contributed by atoms with van der Waals surface area (Å²) in [5.41, 5.74) is 1.10. The molecule has 2 aromatic carbocycles. The molecule has 4 aromatic rings. The summed E-state index contributed by atoms with van der Waals surface area (Å²) in [6.07, 6.45) is 0. The molecule has 2 N–H and O–H groups in total. The van der Waals surface area contributed by atoms with Crippen LogP contribution >= 0.6 is 23.1 Å². The van der Waals surface area contributed by atoms with Crippen LogP contribution in [0.4, 0.5) is 10.8 Å². The summed E-state index contributed by atoms with van der Waals surface area (Å²) in [5, 5.41) is 34.5. The number of hydrogen-bond donors (Lipinski definition) is 2. The van der Waals surface area contributed by atoms with Gasteiger partial charge in [0.15, 0.2) is 11.0 Å². The highest BCUT2D eigenvalue weighted by atomic mass is 32.2. The fourth-order valence-electron chi connectivity index (χ4n) is 3.30. The van der Waals surface area contributed by atoms with Crippen molar-refractivity contribution in [3.63, 3.8) is 0 Å². The van der Waals surface area contributed by atoms with Gasteiger partial charge in [0.25, 0.3) is 11.6 Å². The maximum absolute atomic E-state index is 12.8. The molecule has 0 aliphatic rings. The quantitative estimate of drug-likeness (QED) is 0.190. The zero-order valence-corrected chi connectivity index (χ0v) is 20.8. The van der Waals surface area contributed by atoms with Crippen molar-refractivity contribution in [1.29, 1.82) is 0 Å². The second kappa shape index (κ2) is 11.0. The Hall–Kier alpha value is -4.17. The van der Waals surface area contributed by atoms with Gasteiger partial charge in [0.2, 0.25) is 11.0 Å². The number of hydrogen-bond acceptors (Lipinski definition) is 10. The molecule has 0 unspecified atom stereocenters. The number of para-hydroxylation sites is 1. The van der Waals surface area contributed by atoms with Gasteiger partial charge in [-0.2, -0.15) is 0 Å². The average Bonchev–Trinajstić information content (AvgIpc) is 3.47. The first kappa shape index (κ1) is 24.9. The molecule has 12 nitrogen and oxygen atoms in total. The molecule has 0 fully saturated rings. The number of rotatable bonds is 9. The van der Waals surface area contributed by atoms with E-state index < -0.39 is 10.8 Å². The maximum Gasteiger partial charge on any atom is 0.273 e. The lowest BCUT2D eigenvalue weighted by Gasteiger charge is -2.11. The highest BCUT2D eigenvalue weighted by Crippen LogP contribution is 2.24. The van der Waals surface area contributed by atoms with Gasteiger partial charge in [0.05, 0.1) is 17.2 Å². The minimum absolute atomic E-state index is 0.0136. The number of nitrogens with zero attached hydrogens (tertiary/aromatic N) is 6. The van der Waals surface area contributed by atoms with E-state index in [0.29, 0.717) is 16.1 Å². The second-order valence-electron chi connectivity index (χ2n) is 7.42. The fourth-order valence-corrected chi connectivity index (χ4v) is 4.68. The Morgan fingerprint density at radius 2 is 1.83 bits per heavy atom. The van der Waals surface area contributed by atoms with Crippen molar-refractivity contribution >= 4 is 45.7 Å². The number of aromatic nitrogens is 5. The minimum atomic E-state index is -0.524. The second-order valence-corrected chi connectivity index (χ2v) is 9.55. The van der Waals surface area contributed by atoms with Crippen molar-refractivity contribution in [2.45, 2.75) is 25.5 Å². The van der Waals surface area contributed by atoms with Crippen molar-refractivity contribution in [3.05, 3.63) is 80.6 Å². The number of carbonyl (C=O) groups is 2. The van der Waals surface area contributed by atoms with Crippen LogP contribution in [0.5, 0.6) is 0 Å². The van der Waals surface area contributed by atoms with Crippen molar-refractivity contribution < 1.29 is 14.5 Å². The molecule has 14 heteroatoms. The Morgan fingerprint density at radius 3 is 2.53 bits per heavy atom. The van der Waals surface area contributed by atoms with E-state index in [1.54, 1.807) is 11.5 Å². The summed E-state index contributed by atoms with van der Waals surface area (Å²) >= 11 is 2.46. The van der Waals surface area contributed by atoms with Crippen LogP contribution in [0, 0.1) is 24.0 Å². The van der Waals surface area contributed by atoms with Crippen LogP contribution in [0.15, 0.2) is 53.7 Å². The SMILES string of the molecule is Cc1nnc(NC(=O)CSc2nnc(CNC(=O)c3cccc([N+](=O)[O-])c3C)n2-c2ccccc2)s1. The van der Waals surface area contributed by atoms with Crippen molar-refractivity contribution in [2.24, 2.45) is 0 Å². The third kappa shape index (κ3) is 5.72. The minimum Gasteiger partial charge on any atom is -0.345 e. The van der Waals surface area contributed by atoms with Crippen LogP contribution in [0.1, 0.15) is 26.8 Å². The van der Waals surface area contributed by atoms with Crippen LogP contribution in [0.25, 0.3) is 5.69 Å². The van der Waals surface area contributed by atoms with Crippen LogP contribution in [-0.4, -0.2) is 47.5 Å². The van der Waals surface area contributed by atoms with E-state index in [0.717, 1.165) is 10.7 Å². The average molecular weight is 525 g/mol. The molecule has 0 spiro atoms. The van der Waals surface area contributed by atoms with E-state index in [1.807, 2.05) is 30.3 Å². The van der Waals surface area contributed by atoms with Gasteiger partial charge in [-0.25, -0.2) is 0 Å². The van der Waals surface area contributed by atoms with Gasteiger partial charge in [0, 0.05) is 22.9 Å². The van der Waals surface area contributed by atoms with Gasteiger partial charge >= 0.3 is 0 Å². The van der Waals surface area contributed by atoms with E-state index >= 15 is 0 Å². The summed E-state index contributed by atoms with van der Waals surface area (Å²) in [5.74, 6) is -0.252. The van der Waals surface area contributed by atoms with Gasteiger partial charge < -0.3 is 5.32 Å². The molecule has 184 valence electrons. The molecule has 36 heavy (non-hydrogen) atoms. The molecule has 0 aliphatic carbocycles. The van der Waals surface area contributed by atoms with Gasteiger partial charge in [-0.3, -0.25) is 29.6 Å². The molecule has 2 amide bonds. The molecule has 0 bridgehead atoms. The normalized spacial score (nSPS) is 10.7. The number of anilines is 1. The fraction of sp³-hybridized carbons (Fsp3) is 0.182. The Balaban J connectivity index is 1.50. The zero-order valence-electron chi connectivity index (χ0n) is 19.2. The number of aryl methyl sites for hydroxylation is 1. The molecule has 4 rings (SSSR count). The predicted octanol–water partition coefficient (Wildman–Crippen LogP) is 3.30. The number of nitrogens with one attached hydrogen (secondary N) is 2. The number of carbonyl (C=O) groups excluding carboxylic acids is 2. The predicted molar refractivity (Wildman–Crippen MR) is 134 cm³/mol. The van der Waals surface area contributed by atoms with Crippen molar-refractivity contribution in [2.75, 3.05) is 11.1 Å². The summed E-state index contributed by atoms with van der Waals surface area (Å²) in [6.45, 7) is 3.34. The smallest absolute Gasteiger partial charge is 0.273 e. The monoisotopic (exact) mass is 524 g/mol. The van der Waals surface area contributed by atoms with Crippen LogP contribution in [0.3, 0.4) is 0 Å². The van der Waals surface area contributed by atoms with Crippen LogP contribution in [0.2, 0.25) is 0 Å². The number of thioether (sulfide) groups is 1. The lowest BCUT2D eigenvalue weighted by atomic mass is 10.1. The molecule has 0 saturated heterocycles. The first-order valence-corrected chi connectivity index (χ1v) is 12.4. The summed E-state index contributed by atoms with van der Waals surface area (Å²) < 4.78 is 1.74. The van der Waals surface area contributed by atoms with E-state index in [-0.39, 0.29) is 35.0 Å². The Kier molecular flexibility index (Phi) is 7.65. The van der Waals surface area contributed by atoms with Gasteiger partial charge in [-0.05, 0) is 32.0 Å². The first-order valence-electron chi connectivity index (χ1n) is 10.6. The van der Waals surface area contributed by atoms with Crippen LogP contribution in [-0.2, 0) is 11.3 Å². The Morgan fingerprint density at radius 1 is 1.06 bits per heavy atom. The lowest BCUT2D eigenvalue weighted by Crippen LogP contribution is -2.25. The lowest BCUT2D eigenvalue weighted by molar-refractivity contribution is -0.385. The van der Waals surface area contributed by atoms with E-state index in [2.05, 4.69) is 31.0 Å². The number of benzene rings is 2. The first-order chi connectivity index (χ1) is 17.3. The van der Waals surface area contributed by atoms with Crippen molar-refractivity contribution in [1.82, 2.24) is 30.3 Å². The summed E-state index contributed by atoms with van der Waals surface area (Å²) in [4.78, 5) is 35.9. The maximum atomic E-state index is 12.8. The molecular formula is C22H20N8O4S2. The molecule has 0 aliphatic heterocycles.